The molecule has 0 aliphatic carbocycles. The summed E-state index contributed by atoms with van der Waals surface area (Å²) in [7, 11) is -3.90. The Morgan fingerprint density at radius 1 is 1.10 bits per heavy atom. The van der Waals surface area contributed by atoms with Crippen LogP contribution in [0.1, 0.15) is 11.1 Å². The maximum absolute atomic E-state index is 12.6. The van der Waals surface area contributed by atoms with Crippen molar-refractivity contribution < 1.29 is 8.42 Å². The third kappa shape index (κ3) is 2.53. The molecule has 0 saturated heterocycles. The molecule has 102 valence electrons. The molecule has 3 nitrogen and oxygen atoms in total. The topological polar surface area (TPSA) is 57.9 Å². The van der Waals surface area contributed by atoms with Crippen LogP contribution in [0, 0.1) is 18.3 Å². The van der Waals surface area contributed by atoms with Crippen molar-refractivity contribution in [2.24, 2.45) is 0 Å². The van der Waals surface area contributed by atoms with Crippen LogP contribution < -0.4 is 0 Å². The average molecular weight is 326 g/mol. The summed E-state index contributed by atoms with van der Waals surface area (Å²) in [6.45, 7) is 1.68. The van der Waals surface area contributed by atoms with E-state index in [1.165, 1.54) is 24.3 Å². The second-order valence-corrected chi connectivity index (χ2v) is 6.87. The van der Waals surface area contributed by atoms with Crippen molar-refractivity contribution in [3.05, 3.63) is 57.6 Å². The van der Waals surface area contributed by atoms with Crippen LogP contribution in [0.3, 0.4) is 0 Å². The van der Waals surface area contributed by atoms with E-state index in [0.29, 0.717) is 5.56 Å². The minimum absolute atomic E-state index is 0.0656. The third-order valence-corrected chi connectivity index (χ3v) is 5.33. The van der Waals surface area contributed by atoms with Crippen LogP contribution in [0.25, 0.3) is 0 Å². The lowest BCUT2D eigenvalue weighted by atomic mass is 10.1. The van der Waals surface area contributed by atoms with Crippen molar-refractivity contribution in [1.82, 2.24) is 0 Å². The molecule has 0 saturated carbocycles. The monoisotopic (exact) mass is 325 g/mol. The van der Waals surface area contributed by atoms with Gasteiger partial charge in [-0.25, -0.2) is 8.42 Å². The highest BCUT2D eigenvalue weighted by Gasteiger charge is 2.25. The fourth-order valence-electron chi connectivity index (χ4n) is 1.81. The van der Waals surface area contributed by atoms with Gasteiger partial charge in [-0.2, -0.15) is 5.26 Å². The summed E-state index contributed by atoms with van der Waals surface area (Å²) in [4.78, 5) is -0.169. The molecule has 2 aromatic carbocycles. The summed E-state index contributed by atoms with van der Waals surface area (Å²) in [6, 6.07) is 10.8. The van der Waals surface area contributed by atoms with E-state index < -0.39 is 9.84 Å². The van der Waals surface area contributed by atoms with Gasteiger partial charge < -0.3 is 0 Å². The number of hydrogen-bond acceptors (Lipinski definition) is 3. The highest BCUT2D eigenvalue weighted by atomic mass is 35.5. The molecule has 0 fully saturated rings. The van der Waals surface area contributed by atoms with Crippen molar-refractivity contribution in [3.8, 4) is 6.07 Å². The highest BCUT2D eigenvalue weighted by Crippen LogP contribution is 2.32. The van der Waals surface area contributed by atoms with E-state index in [9.17, 15) is 8.42 Å². The van der Waals surface area contributed by atoms with Gasteiger partial charge in [0.15, 0.2) is 0 Å². The summed E-state index contributed by atoms with van der Waals surface area (Å²) in [6.07, 6.45) is 0. The zero-order chi connectivity index (χ0) is 14.9. The van der Waals surface area contributed by atoms with Crippen LogP contribution in [0.5, 0.6) is 0 Å². The molecule has 0 aliphatic heterocycles. The SMILES string of the molecule is Cc1cccc(S(=O)(=O)c2cc(Cl)ccc2Cl)c1C#N. The second-order valence-electron chi connectivity index (χ2n) is 4.14. The molecule has 0 radical (unpaired) electrons. The first-order valence-electron chi connectivity index (χ1n) is 5.58. The number of halogens is 2. The molecule has 0 spiro atoms. The molecule has 0 unspecified atom stereocenters. The Hall–Kier alpha value is -1.54. The summed E-state index contributed by atoms with van der Waals surface area (Å²) in [5.74, 6) is 0. The van der Waals surface area contributed by atoms with Crippen LogP contribution in [0.2, 0.25) is 10.0 Å². The Kier molecular flexibility index (Phi) is 4.05. The third-order valence-electron chi connectivity index (χ3n) is 2.82. The van der Waals surface area contributed by atoms with E-state index in [1.807, 2.05) is 6.07 Å². The minimum atomic E-state index is -3.90. The number of aryl methyl sites for hydroxylation is 1. The van der Waals surface area contributed by atoms with Gasteiger partial charge in [0.25, 0.3) is 0 Å². The predicted octanol–water partition coefficient (Wildman–Crippen LogP) is 4.01. The normalized spacial score (nSPS) is 11.1. The predicted molar refractivity (Wildman–Crippen MR) is 77.8 cm³/mol. The van der Waals surface area contributed by atoms with Gasteiger partial charge in [0.1, 0.15) is 6.07 Å². The summed E-state index contributed by atoms with van der Waals surface area (Å²) < 4.78 is 25.3. The first kappa shape index (κ1) is 14.9. The molecule has 20 heavy (non-hydrogen) atoms. The molecule has 2 aromatic rings. The van der Waals surface area contributed by atoms with Crippen molar-refractivity contribution in [2.75, 3.05) is 0 Å². The Bertz CT molecular complexity index is 824. The first-order chi connectivity index (χ1) is 9.37. The maximum atomic E-state index is 12.6. The number of nitrogens with zero attached hydrogens (tertiary/aromatic N) is 1. The molecule has 0 bridgehead atoms. The van der Waals surface area contributed by atoms with Crippen LogP contribution in [-0.4, -0.2) is 8.42 Å². The van der Waals surface area contributed by atoms with E-state index in [4.69, 9.17) is 28.5 Å². The molecule has 0 N–H and O–H groups in total. The molecule has 0 aromatic heterocycles. The number of nitriles is 1. The average Bonchev–Trinajstić information content (AvgIpc) is 2.41. The van der Waals surface area contributed by atoms with Gasteiger partial charge in [-0.05, 0) is 36.8 Å². The van der Waals surface area contributed by atoms with Crippen LogP contribution in [0.4, 0.5) is 0 Å². The van der Waals surface area contributed by atoms with Crippen LogP contribution in [0.15, 0.2) is 46.2 Å². The Balaban J connectivity index is 2.78. The lowest BCUT2D eigenvalue weighted by Crippen LogP contribution is -2.06. The fraction of sp³-hybridized carbons (Fsp3) is 0.0714. The lowest BCUT2D eigenvalue weighted by Gasteiger charge is -2.10. The Morgan fingerprint density at radius 2 is 1.80 bits per heavy atom. The van der Waals surface area contributed by atoms with Crippen molar-refractivity contribution >= 4 is 33.0 Å². The number of rotatable bonds is 2. The summed E-state index contributed by atoms with van der Waals surface area (Å²) in [5.41, 5.74) is 0.704. The van der Waals surface area contributed by atoms with Crippen LogP contribution >= 0.6 is 23.2 Å². The summed E-state index contributed by atoms with van der Waals surface area (Å²) in [5, 5.41) is 9.49. The van der Waals surface area contributed by atoms with E-state index in [1.54, 1.807) is 19.1 Å². The molecule has 0 amide bonds. The zero-order valence-electron chi connectivity index (χ0n) is 10.4. The van der Waals surface area contributed by atoms with E-state index >= 15 is 0 Å². The van der Waals surface area contributed by atoms with Gasteiger partial charge in [-0.1, -0.05) is 35.3 Å². The lowest BCUT2D eigenvalue weighted by molar-refractivity contribution is 0.596. The summed E-state index contributed by atoms with van der Waals surface area (Å²) >= 11 is 11.8. The Labute approximate surface area is 127 Å². The zero-order valence-corrected chi connectivity index (χ0v) is 12.7. The van der Waals surface area contributed by atoms with Gasteiger partial charge in [-0.15, -0.1) is 0 Å². The molecule has 2 rings (SSSR count). The fourth-order valence-corrected chi connectivity index (χ4v) is 4.05. The Morgan fingerprint density at radius 3 is 2.45 bits per heavy atom. The maximum Gasteiger partial charge on any atom is 0.209 e. The van der Waals surface area contributed by atoms with Crippen molar-refractivity contribution in [1.29, 1.82) is 5.26 Å². The first-order valence-corrected chi connectivity index (χ1v) is 7.81. The van der Waals surface area contributed by atoms with Gasteiger partial charge in [-0.3, -0.25) is 0 Å². The van der Waals surface area contributed by atoms with Gasteiger partial charge in [0.05, 0.1) is 20.4 Å². The quantitative estimate of drug-likeness (QED) is 0.838. The van der Waals surface area contributed by atoms with Crippen molar-refractivity contribution in [3.63, 3.8) is 0 Å². The number of sulfone groups is 1. The van der Waals surface area contributed by atoms with E-state index in [-0.39, 0.29) is 25.4 Å². The van der Waals surface area contributed by atoms with E-state index in [2.05, 4.69) is 0 Å². The second kappa shape index (κ2) is 5.45. The van der Waals surface area contributed by atoms with Gasteiger partial charge in [0, 0.05) is 5.02 Å². The minimum Gasteiger partial charge on any atom is -0.218 e. The number of hydrogen-bond donors (Lipinski definition) is 0. The smallest absolute Gasteiger partial charge is 0.209 e. The molecular weight excluding hydrogens is 317 g/mol. The molecule has 6 heteroatoms. The van der Waals surface area contributed by atoms with Crippen LogP contribution in [-0.2, 0) is 9.84 Å². The molecule has 0 aliphatic rings. The van der Waals surface area contributed by atoms with Gasteiger partial charge >= 0.3 is 0 Å². The largest absolute Gasteiger partial charge is 0.218 e. The van der Waals surface area contributed by atoms with E-state index in [0.717, 1.165) is 0 Å². The standard InChI is InChI=1S/C14H9Cl2NO2S/c1-9-3-2-4-13(11(9)8-17)20(18,19)14-7-10(15)5-6-12(14)16/h2-7H,1H3. The molecular formula is C14H9Cl2NO2S. The highest BCUT2D eigenvalue weighted by molar-refractivity contribution is 7.91. The molecule has 0 atom stereocenters. The van der Waals surface area contributed by atoms with Gasteiger partial charge in [0.2, 0.25) is 9.84 Å². The van der Waals surface area contributed by atoms with Crippen molar-refractivity contribution in [2.45, 2.75) is 16.7 Å². The number of benzene rings is 2. The molecule has 0 heterocycles.